The van der Waals surface area contributed by atoms with E-state index >= 15 is 0 Å². The second-order valence-corrected chi connectivity index (χ2v) is 6.14. The summed E-state index contributed by atoms with van der Waals surface area (Å²) in [6.45, 7) is 0.0266. The van der Waals surface area contributed by atoms with Crippen LogP contribution in [0.1, 0.15) is 6.42 Å². The molecule has 6 fully saturated rings. The Morgan fingerprint density at radius 2 is 2.00 bits per heavy atom. The molecular formula is C11H12F2O. The topological polar surface area (TPSA) is 20.2 Å². The van der Waals surface area contributed by atoms with Crippen LogP contribution in [-0.4, -0.2) is 17.6 Å². The molecule has 0 spiro atoms. The van der Waals surface area contributed by atoms with E-state index in [1.165, 1.54) is 0 Å². The van der Waals surface area contributed by atoms with Crippen molar-refractivity contribution in [3.63, 3.8) is 0 Å². The van der Waals surface area contributed by atoms with Gasteiger partial charge in [-0.2, -0.15) is 0 Å². The molecule has 1 nitrogen and oxygen atoms in total. The van der Waals surface area contributed by atoms with E-state index in [9.17, 15) is 13.9 Å². The van der Waals surface area contributed by atoms with Crippen molar-refractivity contribution < 1.29 is 13.9 Å². The third-order valence-corrected chi connectivity index (χ3v) is 6.60. The molecule has 0 aliphatic heterocycles. The molecule has 0 saturated heterocycles. The van der Waals surface area contributed by atoms with Gasteiger partial charge in [0.2, 0.25) is 0 Å². The van der Waals surface area contributed by atoms with Gasteiger partial charge in [-0.25, -0.2) is 8.78 Å². The highest BCUT2D eigenvalue weighted by molar-refractivity contribution is 5.41. The van der Waals surface area contributed by atoms with E-state index in [0.29, 0.717) is 17.8 Å². The van der Waals surface area contributed by atoms with E-state index in [4.69, 9.17) is 0 Å². The number of halogens is 2. The Morgan fingerprint density at radius 1 is 1.21 bits per heavy atom. The second-order valence-electron chi connectivity index (χ2n) is 6.14. The predicted molar refractivity (Wildman–Crippen MR) is 43.5 cm³/mol. The third-order valence-electron chi connectivity index (χ3n) is 6.60. The number of aliphatic hydroxyl groups excluding tert-OH is 1. The van der Waals surface area contributed by atoms with E-state index in [-0.39, 0.29) is 29.8 Å². The van der Waals surface area contributed by atoms with Gasteiger partial charge < -0.3 is 5.11 Å². The Kier molecular flexibility index (Phi) is 0.755. The number of rotatable bonds is 1. The van der Waals surface area contributed by atoms with E-state index in [0.717, 1.165) is 6.42 Å². The van der Waals surface area contributed by atoms with Crippen molar-refractivity contribution in [2.24, 2.45) is 46.8 Å². The van der Waals surface area contributed by atoms with Gasteiger partial charge in [-0.15, -0.1) is 0 Å². The Bertz CT molecular complexity index is 368. The van der Waals surface area contributed by atoms with Crippen molar-refractivity contribution in [2.75, 3.05) is 6.61 Å². The Morgan fingerprint density at radius 3 is 2.64 bits per heavy atom. The van der Waals surface area contributed by atoms with E-state index in [1.807, 2.05) is 0 Å². The number of hydrogen-bond acceptors (Lipinski definition) is 1. The van der Waals surface area contributed by atoms with Gasteiger partial charge in [-0.05, 0) is 36.0 Å². The molecule has 6 aliphatic rings. The van der Waals surface area contributed by atoms with Crippen molar-refractivity contribution in [2.45, 2.75) is 12.3 Å². The second kappa shape index (κ2) is 1.48. The molecule has 0 aromatic heterocycles. The van der Waals surface area contributed by atoms with Gasteiger partial charge in [-0.3, -0.25) is 0 Å². The van der Waals surface area contributed by atoms with Crippen molar-refractivity contribution in [1.29, 1.82) is 0 Å². The summed E-state index contributed by atoms with van der Waals surface area (Å²) in [5, 5.41) is 9.48. The fourth-order valence-corrected chi connectivity index (χ4v) is 6.75. The maximum absolute atomic E-state index is 13.9. The van der Waals surface area contributed by atoms with Crippen LogP contribution in [0.3, 0.4) is 0 Å². The van der Waals surface area contributed by atoms with Crippen molar-refractivity contribution in [3.05, 3.63) is 0 Å². The zero-order chi connectivity index (χ0) is 9.46. The first-order chi connectivity index (χ1) is 6.65. The summed E-state index contributed by atoms with van der Waals surface area (Å²) in [5.41, 5.74) is -0.307. The first-order valence-corrected chi connectivity index (χ1v) is 5.64. The normalized spacial score (nSPS) is 77.8. The summed E-state index contributed by atoms with van der Waals surface area (Å²) < 4.78 is 27.9. The van der Waals surface area contributed by atoms with Crippen molar-refractivity contribution in [1.82, 2.24) is 0 Å². The largest absolute Gasteiger partial charge is 0.396 e. The summed E-state index contributed by atoms with van der Waals surface area (Å²) in [7, 11) is 0. The molecule has 6 rings (SSSR count). The summed E-state index contributed by atoms with van der Waals surface area (Å²) in [6, 6.07) is 0. The lowest BCUT2D eigenvalue weighted by Crippen LogP contribution is -2.69. The maximum Gasteiger partial charge on any atom is 0.255 e. The zero-order valence-corrected chi connectivity index (χ0v) is 7.66. The van der Waals surface area contributed by atoms with E-state index < -0.39 is 11.8 Å². The molecule has 1 N–H and O–H groups in total. The van der Waals surface area contributed by atoms with Crippen LogP contribution in [0.2, 0.25) is 0 Å². The summed E-state index contributed by atoms with van der Waals surface area (Å²) in [6.07, 6.45) is 1.00. The molecule has 0 heterocycles. The average Bonchev–Trinajstić information content (AvgIpc) is 2.54. The lowest BCUT2D eigenvalue weighted by Gasteiger charge is -2.69. The van der Waals surface area contributed by atoms with Crippen LogP contribution in [0.5, 0.6) is 0 Å². The average molecular weight is 198 g/mol. The summed E-state index contributed by atoms with van der Waals surface area (Å²) in [5.74, 6) is -1.26. The standard InChI is InChI=1S/C11H12F2O/c12-11(13)8-5-3-1-4-6(5)7(8)10(4,2-14)9(3)11/h3-9,14H,1-2H2/t3-,4-,5+,6-,7-,8-,9+,10-/m0/s1. The van der Waals surface area contributed by atoms with Gasteiger partial charge in [0, 0.05) is 23.9 Å². The van der Waals surface area contributed by atoms with Gasteiger partial charge >= 0.3 is 0 Å². The van der Waals surface area contributed by atoms with Crippen LogP contribution in [0.25, 0.3) is 0 Å². The van der Waals surface area contributed by atoms with Crippen LogP contribution < -0.4 is 0 Å². The van der Waals surface area contributed by atoms with E-state index in [2.05, 4.69) is 0 Å². The van der Waals surface area contributed by atoms with Crippen LogP contribution in [-0.2, 0) is 0 Å². The molecule has 8 atom stereocenters. The molecule has 6 saturated carbocycles. The smallest absolute Gasteiger partial charge is 0.255 e. The lowest BCUT2D eigenvalue weighted by molar-refractivity contribution is -0.256. The van der Waals surface area contributed by atoms with Crippen LogP contribution >= 0.6 is 0 Å². The quantitative estimate of drug-likeness (QED) is 0.674. The maximum atomic E-state index is 13.9. The van der Waals surface area contributed by atoms with Crippen LogP contribution in [0.15, 0.2) is 0 Å². The minimum Gasteiger partial charge on any atom is -0.396 e. The van der Waals surface area contributed by atoms with Gasteiger partial charge in [0.1, 0.15) is 0 Å². The fraction of sp³-hybridized carbons (Fsp3) is 1.00. The Labute approximate surface area is 80.5 Å². The minimum atomic E-state index is -2.43. The van der Waals surface area contributed by atoms with E-state index in [1.54, 1.807) is 0 Å². The monoisotopic (exact) mass is 198 g/mol. The van der Waals surface area contributed by atoms with Gasteiger partial charge in [-0.1, -0.05) is 0 Å². The Hall–Kier alpha value is -0.180. The molecule has 0 amide bonds. The number of alkyl halides is 2. The summed E-state index contributed by atoms with van der Waals surface area (Å²) in [4.78, 5) is 0. The highest BCUT2D eigenvalue weighted by Crippen LogP contribution is 2.96. The van der Waals surface area contributed by atoms with Crippen LogP contribution in [0.4, 0.5) is 8.78 Å². The highest BCUT2D eigenvalue weighted by atomic mass is 19.3. The fourth-order valence-electron chi connectivity index (χ4n) is 6.75. The molecule has 3 heteroatoms. The number of aliphatic hydroxyl groups is 1. The molecule has 4 bridgehead atoms. The zero-order valence-electron chi connectivity index (χ0n) is 7.66. The Balaban J connectivity index is 1.82. The molecular weight excluding hydrogens is 186 g/mol. The first-order valence-electron chi connectivity index (χ1n) is 5.64. The molecule has 14 heavy (non-hydrogen) atoms. The lowest BCUT2D eigenvalue weighted by atomic mass is 9.34. The SMILES string of the molecule is OC[C@@]12[C@H]3[C@@H]4[C@H]5[C@H](C[C@@H]41)[C@H]2C(F)(F)[C@@H]53. The number of hydrogen-bond donors (Lipinski definition) is 1. The van der Waals surface area contributed by atoms with Gasteiger partial charge in [0.25, 0.3) is 5.92 Å². The third kappa shape index (κ3) is 0.329. The predicted octanol–water partition coefficient (Wildman–Crippen LogP) is 1.37. The molecule has 0 radical (unpaired) electrons. The molecule has 6 aliphatic carbocycles. The molecule has 0 aromatic carbocycles. The van der Waals surface area contributed by atoms with Gasteiger partial charge in [0.15, 0.2) is 0 Å². The minimum absolute atomic E-state index is 0.0266. The molecule has 0 aromatic rings. The van der Waals surface area contributed by atoms with Crippen LogP contribution in [0, 0.1) is 46.8 Å². The summed E-state index contributed by atoms with van der Waals surface area (Å²) >= 11 is 0. The van der Waals surface area contributed by atoms with Crippen molar-refractivity contribution >= 4 is 0 Å². The molecule has 76 valence electrons. The van der Waals surface area contributed by atoms with Crippen molar-refractivity contribution in [3.8, 4) is 0 Å². The highest BCUT2D eigenvalue weighted by Gasteiger charge is 2.97. The first kappa shape index (κ1) is 7.15. The molecule has 0 unspecified atom stereocenters. The van der Waals surface area contributed by atoms with Gasteiger partial charge in [0.05, 0.1) is 0 Å².